The van der Waals surface area contributed by atoms with Crippen LogP contribution in [0.5, 0.6) is 5.75 Å². The first-order chi connectivity index (χ1) is 10.6. The highest BCUT2D eigenvalue weighted by Gasteiger charge is 2.18. The van der Waals surface area contributed by atoms with Crippen LogP contribution in [-0.4, -0.2) is 35.3 Å². The van der Waals surface area contributed by atoms with Gasteiger partial charge in [-0.25, -0.2) is 13.1 Å². The fraction of sp³-hybridized carbons (Fsp3) is 0.375. The smallest absolute Gasteiger partial charge is 0.241 e. The van der Waals surface area contributed by atoms with Gasteiger partial charge in [0.05, 0.1) is 18.1 Å². The minimum absolute atomic E-state index is 0.237. The van der Waals surface area contributed by atoms with Crippen molar-refractivity contribution in [2.24, 2.45) is 0 Å². The normalized spacial score (nSPS) is 11.7. The monoisotopic (exact) mass is 323 g/mol. The minimum Gasteiger partial charge on any atom is -0.493 e. The van der Waals surface area contributed by atoms with Crippen LogP contribution in [0.1, 0.15) is 13.3 Å². The van der Waals surface area contributed by atoms with Gasteiger partial charge in [-0.1, -0.05) is 31.2 Å². The van der Waals surface area contributed by atoms with Gasteiger partial charge in [-0.3, -0.25) is 0 Å². The lowest BCUT2D eigenvalue weighted by atomic mass is 10.1. The number of benzene rings is 2. The number of sulfonamides is 1. The van der Waals surface area contributed by atoms with E-state index in [0.29, 0.717) is 24.3 Å². The molecule has 5 nitrogen and oxygen atoms in total. The Morgan fingerprint density at radius 2 is 1.77 bits per heavy atom. The second-order valence-electron chi connectivity index (χ2n) is 4.85. The van der Waals surface area contributed by atoms with Crippen LogP contribution in [0.15, 0.2) is 41.3 Å². The molecule has 2 aromatic rings. The first-order valence-corrected chi connectivity index (χ1v) is 8.71. The lowest BCUT2D eigenvalue weighted by molar-refractivity contribution is 0.204. The number of methoxy groups -OCH3 is 1. The van der Waals surface area contributed by atoms with Crippen LogP contribution in [-0.2, 0) is 14.8 Å². The highest BCUT2D eigenvalue weighted by molar-refractivity contribution is 7.89. The molecule has 0 unspecified atom stereocenters. The van der Waals surface area contributed by atoms with Crippen molar-refractivity contribution in [3.8, 4) is 5.75 Å². The summed E-state index contributed by atoms with van der Waals surface area (Å²) in [6.07, 6.45) is 0.896. The van der Waals surface area contributed by atoms with Crippen molar-refractivity contribution < 1.29 is 17.9 Å². The summed E-state index contributed by atoms with van der Waals surface area (Å²) in [6, 6.07) is 10.6. The Hall–Kier alpha value is -1.63. The predicted molar refractivity (Wildman–Crippen MR) is 86.8 cm³/mol. The maximum absolute atomic E-state index is 12.4. The van der Waals surface area contributed by atoms with Crippen LogP contribution in [0.3, 0.4) is 0 Å². The van der Waals surface area contributed by atoms with Crippen LogP contribution in [0.25, 0.3) is 10.8 Å². The topological polar surface area (TPSA) is 64.6 Å². The molecule has 0 aliphatic heterocycles. The molecule has 120 valence electrons. The van der Waals surface area contributed by atoms with Crippen molar-refractivity contribution in [3.63, 3.8) is 0 Å². The summed E-state index contributed by atoms with van der Waals surface area (Å²) in [7, 11) is -2.05. The second kappa shape index (κ2) is 7.58. The van der Waals surface area contributed by atoms with Crippen molar-refractivity contribution >= 4 is 20.8 Å². The number of rotatable bonds is 8. The molecule has 0 aromatic heterocycles. The van der Waals surface area contributed by atoms with E-state index in [9.17, 15) is 8.42 Å². The Bertz CT molecular complexity index is 728. The molecular weight excluding hydrogens is 302 g/mol. The van der Waals surface area contributed by atoms with E-state index in [0.717, 1.165) is 11.8 Å². The van der Waals surface area contributed by atoms with Crippen molar-refractivity contribution in [2.45, 2.75) is 18.2 Å². The molecule has 6 heteroatoms. The van der Waals surface area contributed by atoms with Crippen molar-refractivity contribution in [1.29, 1.82) is 0 Å². The molecule has 0 amide bonds. The zero-order valence-corrected chi connectivity index (χ0v) is 13.7. The molecule has 0 aliphatic carbocycles. The molecule has 0 aliphatic rings. The zero-order valence-electron chi connectivity index (χ0n) is 12.8. The van der Waals surface area contributed by atoms with Crippen molar-refractivity contribution in [3.05, 3.63) is 36.4 Å². The molecule has 2 aromatic carbocycles. The standard InChI is InChI=1S/C16H21NO4S/c1-3-11-21-15-8-9-16(14-7-5-4-6-13(14)15)22(18,19)17-10-12-20-2/h4-9,17H,3,10-12H2,1-2H3. The predicted octanol–water partition coefficient (Wildman–Crippen LogP) is 2.55. The molecule has 0 bridgehead atoms. The van der Waals surface area contributed by atoms with E-state index < -0.39 is 10.0 Å². The van der Waals surface area contributed by atoms with E-state index in [1.165, 1.54) is 7.11 Å². The van der Waals surface area contributed by atoms with Gasteiger partial charge in [-0.2, -0.15) is 0 Å². The van der Waals surface area contributed by atoms with E-state index in [-0.39, 0.29) is 11.4 Å². The van der Waals surface area contributed by atoms with Crippen LogP contribution in [0, 0.1) is 0 Å². The second-order valence-corrected chi connectivity index (χ2v) is 6.58. The molecule has 0 saturated heterocycles. The SMILES string of the molecule is CCCOc1ccc(S(=O)(=O)NCCOC)c2ccccc12. The molecule has 0 radical (unpaired) electrons. The van der Waals surface area contributed by atoms with Crippen LogP contribution in [0.2, 0.25) is 0 Å². The summed E-state index contributed by atoms with van der Waals surface area (Å²) in [5.41, 5.74) is 0. The maximum Gasteiger partial charge on any atom is 0.241 e. The third-order valence-corrected chi connectivity index (χ3v) is 4.71. The lowest BCUT2D eigenvalue weighted by Crippen LogP contribution is -2.27. The summed E-state index contributed by atoms with van der Waals surface area (Å²) in [6.45, 7) is 3.19. The molecule has 0 saturated carbocycles. The Morgan fingerprint density at radius 3 is 2.45 bits per heavy atom. The van der Waals surface area contributed by atoms with E-state index in [1.54, 1.807) is 18.2 Å². The van der Waals surface area contributed by atoms with E-state index in [1.807, 2.05) is 25.1 Å². The fourth-order valence-corrected chi connectivity index (χ4v) is 3.39. The van der Waals surface area contributed by atoms with Crippen molar-refractivity contribution in [2.75, 3.05) is 26.9 Å². The summed E-state index contributed by atoms with van der Waals surface area (Å²) < 4.78 is 38.0. The van der Waals surface area contributed by atoms with Gasteiger partial charge in [0.1, 0.15) is 5.75 Å². The number of ether oxygens (including phenoxy) is 2. The largest absolute Gasteiger partial charge is 0.493 e. The fourth-order valence-electron chi connectivity index (χ4n) is 2.17. The first kappa shape index (κ1) is 16.7. The van der Waals surface area contributed by atoms with Gasteiger partial charge in [0.2, 0.25) is 10.0 Å². The average Bonchev–Trinajstić information content (AvgIpc) is 2.52. The van der Waals surface area contributed by atoms with Gasteiger partial charge in [-0.15, -0.1) is 0 Å². The van der Waals surface area contributed by atoms with Gasteiger partial charge in [0.15, 0.2) is 0 Å². The molecule has 0 heterocycles. The Kier molecular flexibility index (Phi) is 5.76. The summed E-state index contributed by atoms with van der Waals surface area (Å²) in [5, 5.41) is 1.45. The van der Waals surface area contributed by atoms with Gasteiger partial charge in [-0.05, 0) is 18.6 Å². The summed E-state index contributed by atoms with van der Waals surface area (Å²) >= 11 is 0. The van der Waals surface area contributed by atoms with Gasteiger partial charge in [0.25, 0.3) is 0 Å². The van der Waals surface area contributed by atoms with Gasteiger partial charge in [0, 0.05) is 24.4 Å². The highest BCUT2D eigenvalue weighted by Crippen LogP contribution is 2.31. The highest BCUT2D eigenvalue weighted by atomic mass is 32.2. The average molecular weight is 323 g/mol. The number of nitrogens with one attached hydrogen (secondary N) is 1. The van der Waals surface area contributed by atoms with Gasteiger partial charge < -0.3 is 9.47 Å². The van der Waals surface area contributed by atoms with Crippen LogP contribution < -0.4 is 9.46 Å². The Morgan fingerprint density at radius 1 is 1.05 bits per heavy atom. The number of fused-ring (bicyclic) bond motifs is 1. The Balaban J connectivity index is 2.43. The third-order valence-electron chi connectivity index (χ3n) is 3.19. The van der Waals surface area contributed by atoms with E-state index >= 15 is 0 Å². The van der Waals surface area contributed by atoms with E-state index in [4.69, 9.17) is 9.47 Å². The number of hydrogen-bond acceptors (Lipinski definition) is 4. The summed E-state index contributed by atoms with van der Waals surface area (Å²) in [5.74, 6) is 0.702. The maximum atomic E-state index is 12.4. The molecule has 1 N–H and O–H groups in total. The molecule has 0 atom stereocenters. The van der Waals surface area contributed by atoms with Gasteiger partial charge >= 0.3 is 0 Å². The third kappa shape index (κ3) is 3.76. The summed E-state index contributed by atoms with van der Waals surface area (Å²) in [4.78, 5) is 0.253. The minimum atomic E-state index is -3.58. The molecular formula is C16H21NO4S. The van der Waals surface area contributed by atoms with Crippen LogP contribution >= 0.6 is 0 Å². The van der Waals surface area contributed by atoms with E-state index in [2.05, 4.69) is 4.72 Å². The Labute approximate surface area is 131 Å². The molecule has 22 heavy (non-hydrogen) atoms. The quantitative estimate of drug-likeness (QED) is 0.758. The molecule has 0 fully saturated rings. The van der Waals surface area contributed by atoms with Crippen molar-refractivity contribution in [1.82, 2.24) is 4.72 Å². The zero-order chi connectivity index (χ0) is 16.0. The lowest BCUT2D eigenvalue weighted by Gasteiger charge is -2.13. The number of hydrogen-bond donors (Lipinski definition) is 1. The molecule has 0 spiro atoms. The molecule has 2 rings (SSSR count). The van der Waals surface area contributed by atoms with Crippen LogP contribution in [0.4, 0.5) is 0 Å². The first-order valence-electron chi connectivity index (χ1n) is 7.23.